The molecular formula is C21H17F2N3O2. The lowest BCUT2D eigenvalue weighted by Crippen LogP contribution is -2.08. The van der Waals surface area contributed by atoms with Crippen LogP contribution in [0.2, 0.25) is 0 Å². The third-order valence-corrected chi connectivity index (χ3v) is 4.71. The molecule has 2 heterocycles. The number of oxazole rings is 1. The second-order valence-corrected chi connectivity index (χ2v) is 6.55. The molecule has 0 saturated carbocycles. The van der Waals surface area contributed by atoms with Gasteiger partial charge >= 0.3 is 5.76 Å². The monoisotopic (exact) mass is 381 g/mol. The van der Waals surface area contributed by atoms with Gasteiger partial charge in [-0.3, -0.25) is 9.55 Å². The number of fused-ring (bicyclic) bond motifs is 1. The van der Waals surface area contributed by atoms with Gasteiger partial charge in [-0.2, -0.15) is 0 Å². The molecule has 7 heteroatoms. The van der Waals surface area contributed by atoms with Crippen molar-refractivity contribution in [2.45, 2.75) is 13.5 Å². The van der Waals surface area contributed by atoms with Crippen molar-refractivity contribution in [1.29, 1.82) is 0 Å². The van der Waals surface area contributed by atoms with E-state index in [1.165, 1.54) is 22.8 Å². The summed E-state index contributed by atoms with van der Waals surface area (Å²) in [5.41, 5.74) is 4.34. The molecule has 0 amide bonds. The number of nitrogens with one attached hydrogen (secondary N) is 1. The van der Waals surface area contributed by atoms with Gasteiger partial charge in [-0.25, -0.2) is 13.6 Å². The van der Waals surface area contributed by atoms with Gasteiger partial charge in [0.2, 0.25) is 0 Å². The highest BCUT2D eigenvalue weighted by Gasteiger charge is 2.12. The number of nitrogens with zero attached hydrogens (tertiary/aromatic N) is 2. The van der Waals surface area contributed by atoms with Crippen LogP contribution in [0.1, 0.15) is 11.1 Å². The van der Waals surface area contributed by atoms with E-state index in [-0.39, 0.29) is 12.1 Å². The van der Waals surface area contributed by atoms with Gasteiger partial charge in [0.05, 0.1) is 23.1 Å². The Morgan fingerprint density at radius 1 is 1.14 bits per heavy atom. The fourth-order valence-electron chi connectivity index (χ4n) is 3.10. The minimum absolute atomic E-state index is 0.0155. The topological polar surface area (TPSA) is 60.1 Å². The summed E-state index contributed by atoms with van der Waals surface area (Å²) < 4.78 is 34.1. The summed E-state index contributed by atoms with van der Waals surface area (Å²) in [5.74, 6) is -1.60. The average molecular weight is 381 g/mol. The van der Waals surface area contributed by atoms with Crippen LogP contribution in [0.3, 0.4) is 0 Å². The molecular weight excluding hydrogens is 364 g/mol. The Labute approximate surface area is 159 Å². The van der Waals surface area contributed by atoms with E-state index < -0.39 is 17.4 Å². The van der Waals surface area contributed by atoms with Crippen LogP contribution in [0.25, 0.3) is 22.4 Å². The first-order valence-electron chi connectivity index (χ1n) is 8.67. The smallest absolute Gasteiger partial charge is 0.408 e. The molecule has 2 aromatic heterocycles. The number of aromatic nitrogens is 2. The first-order chi connectivity index (χ1) is 13.4. The van der Waals surface area contributed by atoms with Crippen molar-refractivity contribution < 1.29 is 13.2 Å². The molecule has 0 atom stereocenters. The van der Waals surface area contributed by atoms with Gasteiger partial charge in [-0.05, 0) is 48.9 Å². The van der Waals surface area contributed by atoms with Gasteiger partial charge in [0, 0.05) is 24.7 Å². The van der Waals surface area contributed by atoms with Crippen LogP contribution in [0, 0.1) is 18.6 Å². The maximum absolute atomic E-state index is 13.7. The van der Waals surface area contributed by atoms with Gasteiger partial charge in [0.1, 0.15) is 11.6 Å². The van der Waals surface area contributed by atoms with Crippen molar-refractivity contribution >= 4 is 16.8 Å². The molecule has 0 radical (unpaired) electrons. The van der Waals surface area contributed by atoms with Crippen molar-refractivity contribution in [3.63, 3.8) is 0 Å². The Bertz CT molecular complexity index is 1210. The predicted molar refractivity (Wildman–Crippen MR) is 103 cm³/mol. The summed E-state index contributed by atoms with van der Waals surface area (Å²) >= 11 is 0. The minimum Gasteiger partial charge on any atom is -0.408 e. The molecule has 5 nitrogen and oxygen atoms in total. The lowest BCUT2D eigenvalue weighted by Gasteiger charge is -2.10. The van der Waals surface area contributed by atoms with Crippen LogP contribution < -0.4 is 11.1 Å². The van der Waals surface area contributed by atoms with E-state index in [2.05, 4.69) is 10.3 Å². The zero-order valence-electron chi connectivity index (χ0n) is 15.3. The number of halogens is 2. The van der Waals surface area contributed by atoms with Crippen LogP contribution in [0.15, 0.2) is 57.9 Å². The summed E-state index contributed by atoms with van der Waals surface area (Å²) in [5, 5.41) is 2.98. The Balaban J connectivity index is 1.60. The van der Waals surface area contributed by atoms with E-state index >= 15 is 0 Å². The molecule has 0 bridgehead atoms. The van der Waals surface area contributed by atoms with E-state index in [0.29, 0.717) is 16.8 Å². The van der Waals surface area contributed by atoms with Gasteiger partial charge in [-0.15, -0.1) is 0 Å². The quantitative estimate of drug-likeness (QED) is 0.570. The Morgan fingerprint density at radius 2 is 1.89 bits per heavy atom. The third-order valence-electron chi connectivity index (χ3n) is 4.71. The van der Waals surface area contributed by atoms with Gasteiger partial charge in [0.25, 0.3) is 0 Å². The average Bonchev–Trinajstić information content (AvgIpc) is 2.94. The van der Waals surface area contributed by atoms with Crippen molar-refractivity contribution in [3.05, 3.63) is 82.0 Å². The van der Waals surface area contributed by atoms with Gasteiger partial charge in [0.15, 0.2) is 5.58 Å². The molecule has 142 valence electrons. The van der Waals surface area contributed by atoms with Gasteiger partial charge in [-0.1, -0.05) is 6.07 Å². The van der Waals surface area contributed by atoms with Crippen molar-refractivity contribution in [2.24, 2.45) is 7.05 Å². The molecule has 0 aliphatic heterocycles. The third kappa shape index (κ3) is 3.15. The van der Waals surface area contributed by atoms with E-state index in [9.17, 15) is 13.6 Å². The maximum Gasteiger partial charge on any atom is 0.419 e. The summed E-state index contributed by atoms with van der Waals surface area (Å²) in [6.45, 7) is 1.93. The zero-order valence-corrected chi connectivity index (χ0v) is 15.3. The number of hydrogen-bond donors (Lipinski definition) is 1. The highest BCUT2D eigenvalue weighted by molar-refractivity contribution is 5.82. The lowest BCUT2D eigenvalue weighted by atomic mass is 10.0. The van der Waals surface area contributed by atoms with Crippen LogP contribution in [0.5, 0.6) is 0 Å². The number of pyridine rings is 1. The largest absolute Gasteiger partial charge is 0.419 e. The molecule has 4 aromatic rings. The first kappa shape index (κ1) is 17.9. The molecule has 2 aromatic carbocycles. The highest BCUT2D eigenvalue weighted by atomic mass is 19.1. The van der Waals surface area contributed by atoms with Crippen LogP contribution in [-0.2, 0) is 13.6 Å². The lowest BCUT2D eigenvalue weighted by molar-refractivity contribution is 0.528. The number of benzene rings is 2. The van der Waals surface area contributed by atoms with E-state index in [1.807, 2.05) is 19.1 Å². The van der Waals surface area contributed by atoms with Crippen LogP contribution in [-0.4, -0.2) is 9.55 Å². The Kier molecular flexibility index (Phi) is 4.43. The first-order valence-corrected chi connectivity index (χ1v) is 8.67. The molecule has 0 aliphatic carbocycles. The fourth-order valence-corrected chi connectivity index (χ4v) is 3.10. The fraction of sp³-hybridized carbons (Fsp3) is 0.143. The van der Waals surface area contributed by atoms with Gasteiger partial charge < -0.3 is 9.73 Å². The number of aryl methyl sites for hydroxylation is 2. The molecule has 0 spiro atoms. The van der Waals surface area contributed by atoms with Crippen molar-refractivity contribution in [2.75, 3.05) is 5.32 Å². The zero-order chi connectivity index (χ0) is 19.8. The van der Waals surface area contributed by atoms with Crippen LogP contribution >= 0.6 is 0 Å². The molecule has 4 rings (SSSR count). The van der Waals surface area contributed by atoms with E-state index in [1.54, 1.807) is 25.4 Å². The summed E-state index contributed by atoms with van der Waals surface area (Å²) in [6.07, 6.45) is 1.60. The summed E-state index contributed by atoms with van der Waals surface area (Å²) in [4.78, 5) is 16.1. The van der Waals surface area contributed by atoms with Crippen molar-refractivity contribution in [3.8, 4) is 11.3 Å². The molecule has 0 saturated heterocycles. The van der Waals surface area contributed by atoms with E-state index in [4.69, 9.17) is 4.42 Å². The predicted octanol–water partition coefficient (Wildman–Crippen LogP) is 4.39. The second-order valence-electron chi connectivity index (χ2n) is 6.55. The molecule has 0 unspecified atom stereocenters. The molecule has 1 N–H and O–H groups in total. The standard InChI is InChI=1S/C21H17F2N3O2/c1-12-8-20-19(26(2)21(27)28-20)9-14(12)18-7-6-13(10-25-18)24-11-15-16(22)4-3-5-17(15)23/h3-10,24H,11H2,1-2H3. The van der Waals surface area contributed by atoms with Crippen LogP contribution in [0.4, 0.5) is 14.5 Å². The maximum atomic E-state index is 13.7. The summed E-state index contributed by atoms with van der Waals surface area (Å²) in [7, 11) is 1.65. The molecule has 0 aliphatic rings. The normalized spacial score (nSPS) is 11.1. The minimum atomic E-state index is -0.591. The molecule has 28 heavy (non-hydrogen) atoms. The Morgan fingerprint density at radius 3 is 2.57 bits per heavy atom. The molecule has 0 fully saturated rings. The number of hydrogen-bond acceptors (Lipinski definition) is 4. The van der Waals surface area contributed by atoms with E-state index in [0.717, 1.165) is 16.8 Å². The Hall–Kier alpha value is -3.48. The summed E-state index contributed by atoms with van der Waals surface area (Å²) in [6, 6.07) is 11.1. The second kappa shape index (κ2) is 6.92. The SMILES string of the molecule is Cc1cc2oc(=O)n(C)c2cc1-c1ccc(NCc2c(F)cccc2F)cn1. The van der Waals surface area contributed by atoms with Crippen molar-refractivity contribution in [1.82, 2.24) is 9.55 Å². The number of anilines is 1. The number of rotatable bonds is 4. The highest BCUT2D eigenvalue weighted by Crippen LogP contribution is 2.27.